The van der Waals surface area contributed by atoms with Gasteiger partial charge in [0.1, 0.15) is 5.75 Å². The van der Waals surface area contributed by atoms with Crippen LogP contribution < -0.4 is 15.8 Å². The molecule has 116 valence electrons. The Labute approximate surface area is 125 Å². The van der Waals surface area contributed by atoms with E-state index in [1.54, 1.807) is 12.1 Å². The van der Waals surface area contributed by atoms with Crippen molar-refractivity contribution in [1.82, 2.24) is 5.32 Å². The van der Waals surface area contributed by atoms with E-state index in [9.17, 15) is 4.79 Å². The van der Waals surface area contributed by atoms with Gasteiger partial charge in [0.15, 0.2) is 0 Å². The van der Waals surface area contributed by atoms with Crippen molar-refractivity contribution in [2.75, 3.05) is 6.61 Å². The van der Waals surface area contributed by atoms with Crippen LogP contribution in [0.25, 0.3) is 0 Å². The summed E-state index contributed by atoms with van der Waals surface area (Å²) in [7, 11) is 0. The summed E-state index contributed by atoms with van der Waals surface area (Å²) in [4.78, 5) is 12.3. The van der Waals surface area contributed by atoms with Crippen LogP contribution in [0.5, 0.6) is 5.75 Å². The van der Waals surface area contributed by atoms with Crippen molar-refractivity contribution >= 4 is 5.91 Å². The van der Waals surface area contributed by atoms with Crippen LogP contribution >= 0.6 is 0 Å². The molecule has 0 aliphatic heterocycles. The Bertz CT molecular complexity index is 488. The number of carbonyl (C=O) groups excluding carboxylic acids is 1. The van der Waals surface area contributed by atoms with Gasteiger partial charge < -0.3 is 20.5 Å². The molecule has 1 aromatic carbocycles. The second kappa shape index (κ2) is 6.91. The van der Waals surface area contributed by atoms with Crippen LogP contribution in [0.2, 0.25) is 0 Å². The molecule has 3 atom stereocenters. The summed E-state index contributed by atoms with van der Waals surface area (Å²) >= 11 is 0. The number of amides is 1. The van der Waals surface area contributed by atoms with E-state index in [1.165, 1.54) is 0 Å². The van der Waals surface area contributed by atoms with Gasteiger partial charge in [-0.1, -0.05) is 6.07 Å². The van der Waals surface area contributed by atoms with Crippen molar-refractivity contribution in [1.29, 1.82) is 0 Å². The van der Waals surface area contributed by atoms with Crippen molar-refractivity contribution in [3.05, 3.63) is 29.8 Å². The standard InChI is InChI=1S/C16H24N2O3/c1-4-20-14-9-13(17)15(14)18-16(19)11-6-5-7-12(8-11)21-10(2)3/h5-8,10,13-15H,4,9,17H2,1-3H3,(H,18,19). The van der Waals surface area contributed by atoms with Gasteiger partial charge in [-0.3, -0.25) is 4.79 Å². The van der Waals surface area contributed by atoms with E-state index >= 15 is 0 Å². The number of hydrogen-bond donors (Lipinski definition) is 2. The first-order valence-corrected chi connectivity index (χ1v) is 7.46. The van der Waals surface area contributed by atoms with Gasteiger partial charge in [-0.2, -0.15) is 0 Å². The third-order valence-corrected chi connectivity index (χ3v) is 3.51. The quantitative estimate of drug-likeness (QED) is 0.837. The van der Waals surface area contributed by atoms with Crippen LogP contribution in [0.4, 0.5) is 0 Å². The Balaban J connectivity index is 1.99. The molecule has 1 aromatic rings. The largest absolute Gasteiger partial charge is 0.491 e. The minimum absolute atomic E-state index is 0.0176. The Kier molecular flexibility index (Phi) is 5.20. The van der Waals surface area contributed by atoms with E-state index < -0.39 is 0 Å². The highest BCUT2D eigenvalue weighted by molar-refractivity contribution is 5.94. The van der Waals surface area contributed by atoms with Crippen molar-refractivity contribution in [3.63, 3.8) is 0 Å². The average Bonchev–Trinajstić information content (AvgIpc) is 2.44. The molecule has 1 amide bonds. The fraction of sp³-hybridized carbons (Fsp3) is 0.562. The minimum atomic E-state index is -0.144. The molecule has 0 aromatic heterocycles. The van der Waals surface area contributed by atoms with Crippen LogP contribution in [0, 0.1) is 0 Å². The van der Waals surface area contributed by atoms with Crippen LogP contribution in [-0.4, -0.2) is 36.8 Å². The zero-order chi connectivity index (χ0) is 15.4. The van der Waals surface area contributed by atoms with Crippen LogP contribution in [0.1, 0.15) is 37.6 Å². The fourth-order valence-corrected chi connectivity index (χ4v) is 2.44. The summed E-state index contributed by atoms with van der Waals surface area (Å²) < 4.78 is 11.2. The Morgan fingerprint density at radius 3 is 2.86 bits per heavy atom. The first-order valence-electron chi connectivity index (χ1n) is 7.46. The van der Waals surface area contributed by atoms with Crippen molar-refractivity contribution in [2.45, 2.75) is 51.5 Å². The zero-order valence-corrected chi connectivity index (χ0v) is 12.8. The van der Waals surface area contributed by atoms with Gasteiger partial charge in [-0.05, 0) is 45.4 Å². The molecule has 0 bridgehead atoms. The summed E-state index contributed by atoms with van der Waals surface area (Å²) in [5, 5.41) is 2.95. The lowest BCUT2D eigenvalue weighted by molar-refractivity contribution is -0.0300. The van der Waals surface area contributed by atoms with Crippen molar-refractivity contribution in [2.24, 2.45) is 5.73 Å². The number of nitrogens with two attached hydrogens (primary N) is 1. The molecule has 0 saturated heterocycles. The van der Waals surface area contributed by atoms with Crippen LogP contribution in [0.3, 0.4) is 0 Å². The maximum absolute atomic E-state index is 12.3. The van der Waals surface area contributed by atoms with Crippen molar-refractivity contribution in [3.8, 4) is 5.75 Å². The zero-order valence-electron chi connectivity index (χ0n) is 12.8. The molecule has 3 N–H and O–H groups in total. The number of nitrogens with one attached hydrogen (secondary N) is 1. The van der Waals surface area contributed by atoms with E-state index in [0.29, 0.717) is 17.9 Å². The third kappa shape index (κ3) is 3.95. The first kappa shape index (κ1) is 15.8. The number of hydrogen-bond acceptors (Lipinski definition) is 4. The van der Waals surface area contributed by atoms with Gasteiger partial charge in [-0.25, -0.2) is 0 Å². The van der Waals surface area contributed by atoms with Crippen LogP contribution in [0.15, 0.2) is 24.3 Å². The predicted molar refractivity (Wildman–Crippen MR) is 81.5 cm³/mol. The van der Waals surface area contributed by atoms with Gasteiger partial charge >= 0.3 is 0 Å². The summed E-state index contributed by atoms with van der Waals surface area (Å²) in [6.45, 7) is 6.47. The molecule has 21 heavy (non-hydrogen) atoms. The summed E-state index contributed by atoms with van der Waals surface area (Å²) in [5.41, 5.74) is 6.52. The first-order chi connectivity index (χ1) is 10.0. The predicted octanol–water partition coefficient (Wildman–Crippen LogP) is 1.71. The molecule has 0 radical (unpaired) electrons. The highest BCUT2D eigenvalue weighted by atomic mass is 16.5. The van der Waals surface area contributed by atoms with E-state index in [0.717, 1.165) is 6.42 Å². The Morgan fingerprint density at radius 2 is 2.24 bits per heavy atom. The Morgan fingerprint density at radius 1 is 1.48 bits per heavy atom. The normalized spacial score (nSPS) is 24.5. The smallest absolute Gasteiger partial charge is 0.251 e. The molecule has 1 aliphatic carbocycles. The van der Waals surface area contributed by atoms with Crippen molar-refractivity contribution < 1.29 is 14.3 Å². The average molecular weight is 292 g/mol. The maximum Gasteiger partial charge on any atom is 0.251 e. The summed E-state index contributed by atoms with van der Waals surface area (Å²) in [6, 6.07) is 7.01. The molecule has 1 saturated carbocycles. The van der Waals surface area contributed by atoms with Gasteiger partial charge in [0.05, 0.1) is 18.2 Å². The number of carbonyl (C=O) groups is 1. The molecule has 0 heterocycles. The van der Waals surface area contributed by atoms with Gasteiger partial charge in [-0.15, -0.1) is 0 Å². The number of benzene rings is 1. The number of ether oxygens (including phenoxy) is 2. The minimum Gasteiger partial charge on any atom is -0.491 e. The second-order valence-corrected chi connectivity index (χ2v) is 5.59. The lowest BCUT2D eigenvalue weighted by Gasteiger charge is -2.42. The topological polar surface area (TPSA) is 73.6 Å². The molecule has 5 nitrogen and oxygen atoms in total. The molecule has 1 aliphatic rings. The molecular weight excluding hydrogens is 268 g/mol. The van der Waals surface area contributed by atoms with E-state index in [2.05, 4.69) is 5.32 Å². The number of rotatable bonds is 6. The SMILES string of the molecule is CCOC1CC(N)C1NC(=O)c1cccc(OC(C)C)c1. The van der Waals surface area contributed by atoms with Gasteiger partial charge in [0.25, 0.3) is 5.91 Å². The fourth-order valence-electron chi connectivity index (χ4n) is 2.44. The third-order valence-electron chi connectivity index (χ3n) is 3.51. The van der Waals surface area contributed by atoms with Crippen LogP contribution in [-0.2, 0) is 4.74 Å². The van der Waals surface area contributed by atoms with E-state index in [1.807, 2.05) is 32.9 Å². The molecule has 2 rings (SSSR count). The van der Waals surface area contributed by atoms with E-state index in [4.69, 9.17) is 15.2 Å². The summed E-state index contributed by atoms with van der Waals surface area (Å²) in [6.07, 6.45) is 0.879. The molecular formula is C16H24N2O3. The molecule has 1 fully saturated rings. The highest BCUT2D eigenvalue weighted by Gasteiger charge is 2.40. The Hall–Kier alpha value is -1.59. The van der Waals surface area contributed by atoms with E-state index in [-0.39, 0.29) is 30.2 Å². The molecule has 0 spiro atoms. The summed E-state index contributed by atoms with van der Waals surface area (Å²) in [5.74, 6) is 0.547. The lowest BCUT2D eigenvalue weighted by Crippen LogP contribution is -2.64. The molecule has 3 unspecified atom stereocenters. The monoisotopic (exact) mass is 292 g/mol. The lowest BCUT2D eigenvalue weighted by atomic mass is 9.83. The second-order valence-electron chi connectivity index (χ2n) is 5.59. The van der Waals surface area contributed by atoms with Gasteiger partial charge in [0, 0.05) is 18.2 Å². The highest BCUT2D eigenvalue weighted by Crippen LogP contribution is 2.23. The molecule has 5 heteroatoms. The van der Waals surface area contributed by atoms with Gasteiger partial charge in [0.2, 0.25) is 0 Å². The maximum atomic E-state index is 12.3.